The zero-order valence-electron chi connectivity index (χ0n) is 13.2. The maximum absolute atomic E-state index is 11.9. The van der Waals surface area contributed by atoms with E-state index < -0.39 is 0 Å². The largest absolute Gasteiger partial charge is 0.492 e. The van der Waals surface area contributed by atoms with Crippen molar-refractivity contribution in [3.8, 4) is 17.6 Å². The Balaban J connectivity index is 1.66. The van der Waals surface area contributed by atoms with E-state index in [2.05, 4.69) is 17.2 Å². The van der Waals surface area contributed by atoms with Crippen molar-refractivity contribution in [3.05, 3.63) is 66.2 Å². The summed E-state index contributed by atoms with van der Waals surface area (Å²) in [7, 11) is 1.73. The minimum Gasteiger partial charge on any atom is -0.492 e. The fraction of sp³-hybridized carbons (Fsp3) is 0.211. The summed E-state index contributed by atoms with van der Waals surface area (Å²) in [4.78, 5) is 13.5. The van der Waals surface area contributed by atoms with Gasteiger partial charge in [-0.3, -0.25) is 0 Å². The second kappa shape index (κ2) is 9.16. The number of hydrogen-bond acceptors (Lipinski definition) is 2. The van der Waals surface area contributed by atoms with E-state index in [1.165, 1.54) is 0 Å². The van der Waals surface area contributed by atoms with Crippen LogP contribution in [0.1, 0.15) is 5.56 Å². The molecule has 0 bridgehead atoms. The molecule has 0 spiro atoms. The lowest BCUT2D eigenvalue weighted by molar-refractivity contribution is 0.196. The Bertz CT molecular complexity index is 660. The van der Waals surface area contributed by atoms with Crippen molar-refractivity contribution in [2.24, 2.45) is 0 Å². The topological polar surface area (TPSA) is 41.6 Å². The molecule has 0 radical (unpaired) electrons. The van der Waals surface area contributed by atoms with Crippen LogP contribution < -0.4 is 10.1 Å². The number of carbonyl (C=O) groups excluding carboxylic acids is 1. The minimum atomic E-state index is -0.163. The number of likely N-dealkylation sites (N-methyl/N-ethyl adjacent to an activating group) is 1. The smallest absolute Gasteiger partial charge is 0.318 e. The number of hydrogen-bond donors (Lipinski definition) is 1. The number of nitrogens with zero attached hydrogens (tertiary/aromatic N) is 1. The summed E-state index contributed by atoms with van der Waals surface area (Å²) in [6.07, 6.45) is 0. The van der Waals surface area contributed by atoms with Gasteiger partial charge in [-0.1, -0.05) is 48.2 Å². The number of benzene rings is 2. The van der Waals surface area contributed by atoms with Crippen molar-refractivity contribution < 1.29 is 9.53 Å². The molecule has 2 aromatic carbocycles. The van der Waals surface area contributed by atoms with Gasteiger partial charge in [0, 0.05) is 12.6 Å². The van der Waals surface area contributed by atoms with E-state index in [4.69, 9.17) is 4.74 Å². The number of carbonyl (C=O) groups is 1. The van der Waals surface area contributed by atoms with Crippen LogP contribution >= 0.6 is 0 Å². The Hall–Kier alpha value is -2.93. The first-order valence-electron chi connectivity index (χ1n) is 7.46. The van der Waals surface area contributed by atoms with Crippen molar-refractivity contribution >= 4 is 6.03 Å². The van der Waals surface area contributed by atoms with Crippen LogP contribution in [-0.4, -0.2) is 37.7 Å². The van der Waals surface area contributed by atoms with Gasteiger partial charge in [0.1, 0.15) is 12.4 Å². The van der Waals surface area contributed by atoms with Crippen LogP contribution in [0.4, 0.5) is 4.79 Å². The molecular weight excluding hydrogens is 288 g/mol. The molecule has 0 saturated heterocycles. The highest BCUT2D eigenvalue weighted by Crippen LogP contribution is 2.07. The SMILES string of the molecule is CN(CCOc1ccccc1)C(=O)NCC#Cc1ccccc1. The Morgan fingerprint density at radius 3 is 2.43 bits per heavy atom. The van der Waals surface area contributed by atoms with Gasteiger partial charge in [0.2, 0.25) is 0 Å². The Morgan fingerprint density at radius 1 is 1.09 bits per heavy atom. The van der Waals surface area contributed by atoms with Crippen molar-refractivity contribution in [1.29, 1.82) is 0 Å². The van der Waals surface area contributed by atoms with E-state index in [9.17, 15) is 4.79 Å². The van der Waals surface area contributed by atoms with Crippen LogP contribution in [0, 0.1) is 11.8 Å². The average Bonchev–Trinajstić information content (AvgIpc) is 2.60. The normalized spacial score (nSPS) is 9.43. The number of para-hydroxylation sites is 1. The third kappa shape index (κ3) is 6.15. The molecular formula is C19H20N2O2. The molecule has 2 amide bonds. The van der Waals surface area contributed by atoms with Crippen molar-refractivity contribution in [2.45, 2.75) is 0 Å². The van der Waals surface area contributed by atoms with E-state index in [-0.39, 0.29) is 6.03 Å². The van der Waals surface area contributed by atoms with Gasteiger partial charge in [0.25, 0.3) is 0 Å². The molecule has 0 aliphatic carbocycles. The lowest BCUT2D eigenvalue weighted by atomic mass is 10.2. The maximum Gasteiger partial charge on any atom is 0.318 e. The van der Waals surface area contributed by atoms with Gasteiger partial charge >= 0.3 is 6.03 Å². The number of ether oxygens (including phenoxy) is 1. The first-order chi connectivity index (χ1) is 11.3. The summed E-state index contributed by atoms with van der Waals surface area (Å²) in [6, 6.07) is 19.1. The molecule has 118 valence electrons. The molecule has 0 aromatic heterocycles. The van der Waals surface area contributed by atoms with Gasteiger partial charge in [-0.2, -0.15) is 0 Å². The molecule has 0 aliphatic heterocycles. The minimum absolute atomic E-state index is 0.163. The number of nitrogens with one attached hydrogen (secondary N) is 1. The van der Waals surface area contributed by atoms with E-state index >= 15 is 0 Å². The monoisotopic (exact) mass is 308 g/mol. The highest BCUT2D eigenvalue weighted by Gasteiger charge is 2.06. The van der Waals surface area contributed by atoms with Gasteiger partial charge in [-0.15, -0.1) is 0 Å². The van der Waals surface area contributed by atoms with Gasteiger partial charge < -0.3 is 15.0 Å². The third-order valence-corrected chi connectivity index (χ3v) is 3.12. The molecule has 0 fully saturated rings. The van der Waals surface area contributed by atoms with E-state index in [1.807, 2.05) is 60.7 Å². The van der Waals surface area contributed by atoms with Crippen molar-refractivity contribution in [3.63, 3.8) is 0 Å². The van der Waals surface area contributed by atoms with E-state index in [0.29, 0.717) is 19.7 Å². The zero-order valence-corrected chi connectivity index (χ0v) is 13.2. The van der Waals surface area contributed by atoms with Gasteiger partial charge in [-0.05, 0) is 24.3 Å². The summed E-state index contributed by atoms with van der Waals surface area (Å²) in [5.74, 6) is 6.73. The summed E-state index contributed by atoms with van der Waals surface area (Å²) >= 11 is 0. The average molecular weight is 308 g/mol. The molecule has 2 aromatic rings. The standard InChI is InChI=1S/C19H20N2O2/c1-21(15-16-23-18-12-6-3-7-13-18)19(22)20-14-8-11-17-9-4-2-5-10-17/h2-7,9-10,12-13H,14-16H2,1H3,(H,20,22). The molecule has 23 heavy (non-hydrogen) atoms. The van der Waals surface area contributed by atoms with Crippen LogP contribution in [0.15, 0.2) is 60.7 Å². The summed E-state index contributed by atoms with van der Waals surface area (Å²) < 4.78 is 5.56. The molecule has 0 heterocycles. The number of urea groups is 1. The van der Waals surface area contributed by atoms with Gasteiger partial charge in [-0.25, -0.2) is 4.79 Å². The molecule has 2 rings (SSSR count). The number of amides is 2. The molecule has 0 saturated carbocycles. The molecule has 0 unspecified atom stereocenters. The molecule has 1 N–H and O–H groups in total. The van der Waals surface area contributed by atoms with Crippen LogP contribution in [-0.2, 0) is 0 Å². The highest BCUT2D eigenvalue weighted by atomic mass is 16.5. The van der Waals surface area contributed by atoms with Crippen molar-refractivity contribution in [1.82, 2.24) is 10.2 Å². The van der Waals surface area contributed by atoms with Crippen LogP contribution in [0.3, 0.4) is 0 Å². The van der Waals surface area contributed by atoms with Gasteiger partial charge in [0.05, 0.1) is 13.1 Å². The fourth-order valence-corrected chi connectivity index (χ4v) is 1.84. The van der Waals surface area contributed by atoms with Crippen molar-refractivity contribution in [2.75, 3.05) is 26.7 Å². The highest BCUT2D eigenvalue weighted by molar-refractivity contribution is 5.74. The Kier molecular flexibility index (Phi) is 6.55. The summed E-state index contributed by atoms with van der Waals surface area (Å²) in [5.41, 5.74) is 0.936. The lowest BCUT2D eigenvalue weighted by Gasteiger charge is -2.17. The second-order valence-corrected chi connectivity index (χ2v) is 4.91. The van der Waals surface area contributed by atoms with E-state index in [0.717, 1.165) is 11.3 Å². The fourth-order valence-electron chi connectivity index (χ4n) is 1.84. The predicted octanol–water partition coefficient (Wildman–Crippen LogP) is 2.76. The maximum atomic E-state index is 11.9. The van der Waals surface area contributed by atoms with E-state index in [1.54, 1.807) is 11.9 Å². The molecule has 0 atom stereocenters. The summed E-state index contributed by atoms with van der Waals surface area (Å²) in [5, 5.41) is 2.76. The van der Waals surface area contributed by atoms with Crippen LogP contribution in [0.5, 0.6) is 5.75 Å². The first kappa shape index (κ1) is 16.4. The first-order valence-corrected chi connectivity index (χ1v) is 7.46. The second-order valence-electron chi connectivity index (χ2n) is 4.91. The molecule has 4 nitrogen and oxygen atoms in total. The predicted molar refractivity (Wildman–Crippen MR) is 91.3 cm³/mol. The number of rotatable bonds is 5. The van der Waals surface area contributed by atoms with Gasteiger partial charge in [0.15, 0.2) is 0 Å². The molecule has 0 aliphatic rings. The zero-order chi connectivity index (χ0) is 16.3. The quantitative estimate of drug-likeness (QED) is 0.863. The third-order valence-electron chi connectivity index (χ3n) is 3.12. The Morgan fingerprint density at radius 2 is 1.74 bits per heavy atom. The lowest BCUT2D eigenvalue weighted by Crippen LogP contribution is -2.39. The summed E-state index contributed by atoms with van der Waals surface area (Å²) in [6.45, 7) is 1.27. The van der Waals surface area contributed by atoms with Crippen LogP contribution in [0.25, 0.3) is 0 Å². The molecule has 4 heteroatoms. The Labute approximate surface area is 137 Å². The van der Waals surface area contributed by atoms with Crippen LogP contribution in [0.2, 0.25) is 0 Å².